The number of ether oxygens (including phenoxy) is 1. The molecule has 1 amide bonds. The maximum Gasteiger partial charge on any atom is 0.270 e. The number of nitrogens with zero attached hydrogens (tertiary/aromatic N) is 3. The molecule has 2 aromatic carbocycles. The van der Waals surface area contributed by atoms with Crippen molar-refractivity contribution in [2.45, 2.75) is 32.6 Å². The molecule has 0 bridgehead atoms. The molecule has 0 aliphatic rings. The zero-order valence-electron chi connectivity index (χ0n) is 18.9. The van der Waals surface area contributed by atoms with Crippen molar-refractivity contribution < 1.29 is 9.53 Å². The molecule has 6 heteroatoms. The maximum absolute atomic E-state index is 13.0. The van der Waals surface area contributed by atoms with Gasteiger partial charge in [0.2, 0.25) is 0 Å². The van der Waals surface area contributed by atoms with Crippen LogP contribution in [0.25, 0.3) is 16.9 Å². The highest BCUT2D eigenvalue weighted by molar-refractivity contribution is 5.94. The van der Waals surface area contributed by atoms with Crippen molar-refractivity contribution in [3.8, 4) is 17.0 Å². The van der Waals surface area contributed by atoms with E-state index in [4.69, 9.17) is 9.84 Å². The second-order valence-electron chi connectivity index (χ2n) is 8.80. The maximum atomic E-state index is 13.0. The molecule has 0 saturated carbocycles. The van der Waals surface area contributed by atoms with Crippen LogP contribution in [0.15, 0.2) is 66.7 Å². The van der Waals surface area contributed by atoms with Crippen LogP contribution in [0.3, 0.4) is 0 Å². The zero-order chi connectivity index (χ0) is 22.7. The molecule has 164 valence electrons. The number of methoxy groups -OCH3 is 1. The average molecular weight is 429 g/mol. The van der Waals surface area contributed by atoms with Crippen LogP contribution in [0.5, 0.6) is 5.75 Å². The van der Waals surface area contributed by atoms with E-state index in [1.165, 1.54) is 5.56 Å². The molecule has 0 unspecified atom stereocenters. The summed E-state index contributed by atoms with van der Waals surface area (Å²) < 4.78 is 7.20. The van der Waals surface area contributed by atoms with Crippen molar-refractivity contribution in [3.05, 3.63) is 83.7 Å². The van der Waals surface area contributed by atoms with Crippen LogP contribution >= 0.6 is 0 Å². The van der Waals surface area contributed by atoms with Crippen molar-refractivity contribution in [1.29, 1.82) is 0 Å². The lowest BCUT2D eigenvalue weighted by Gasteiger charge is -2.14. The number of carbonyl (C=O) groups is 1. The summed E-state index contributed by atoms with van der Waals surface area (Å²) in [5.41, 5.74) is 4.65. The molecule has 0 radical (unpaired) electrons. The van der Waals surface area contributed by atoms with Crippen molar-refractivity contribution in [2.75, 3.05) is 13.7 Å². The summed E-state index contributed by atoms with van der Waals surface area (Å²) in [6.07, 6.45) is 0.762. The molecule has 32 heavy (non-hydrogen) atoms. The van der Waals surface area contributed by atoms with Gasteiger partial charge in [-0.1, -0.05) is 63.2 Å². The Morgan fingerprint density at radius 3 is 2.53 bits per heavy atom. The highest BCUT2D eigenvalue weighted by Gasteiger charge is 2.21. The van der Waals surface area contributed by atoms with Gasteiger partial charge >= 0.3 is 0 Å². The molecule has 2 heterocycles. The van der Waals surface area contributed by atoms with E-state index < -0.39 is 0 Å². The standard InChI is InChI=1S/C26H28N4O2/c1-26(2,3)23-17-24-28-21(25(31)27-14-13-18-9-6-5-7-10-18)16-22(30(24)29-23)19-11-8-12-20(15-19)32-4/h5-12,15-17H,13-14H2,1-4H3,(H,27,31). The van der Waals surface area contributed by atoms with E-state index in [-0.39, 0.29) is 11.3 Å². The summed E-state index contributed by atoms with van der Waals surface area (Å²) in [6.45, 7) is 6.86. The minimum atomic E-state index is -0.203. The first-order valence-electron chi connectivity index (χ1n) is 10.7. The second-order valence-corrected chi connectivity index (χ2v) is 8.80. The molecule has 0 saturated heterocycles. The third-order valence-electron chi connectivity index (χ3n) is 5.34. The van der Waals surface area contributed by atoms with Crippen LogP contribution in [-0.2, 0) is 11.8 Å². The van der Waals surface area contributed by atoms with Crippen LogP contribution in [0.4, 0.5) is 0 Å². The lowest BCUT2D eigenvalue weighted by Crippen LogP contribution is -2.27. The average Bonchev–Trinajstić information content (AvgIpc) is 3.24. The molecule has 0 aliphatic heterocycles. The second kappa shape index (κ2) is 8.83. The van der Waals surface area contributed by atoms with E-state index in [0.29, 0.717) is 17.9 Å². The summed E-state index contributed by atoms with van der Waals surface area (Å²) in [5.74, 6) is 0.538. The molecule has 0 aliphatic carbocycles. The SMILES string of the molecule is COc1cccc(-c2cc(C(=O)NCCc3ccccc3)nc3cc(C(C)(C)C)nn23)c1. The number of carbonyl (C=O) groups excluding carboxylic acids is 1. The Balaban J connectivity index is 1.70. The molecule has 4 rings (SSSR count). The van der Waals surface area contributed by atoms with Gasteiger partial charge in [-0.25, -0.2) is 9.50 Å². The van der Waals surface area contributed by atoms with Gasteiger partial charge < -0.3 is 10.1 Å². The molecule has 0 spiro atoms. The Morgan fingerprint density at radius 2 is 1.81 bits per heavy atom. The van der Waals surface area contributed by atoms with Gasteiger partial charge in [-0.2, -0.15) is 5.10 Å². The number of hydrogen-bond donors (Lipinski definition) is 1. The first kappa shape index (κ1) is 21.6. The third-order valence-corrected chi connectivity index (χ3v) is 5.34. The van der Waals surface area contributed by atoms with E-state index in [2.05, 4.69) is 43.2 Å². The van der Waals surface area contributed by atoms with Crippen molar-refractivity contribution in [2.24, 2.45) is 0 Å². The van der Waals surface area contributed by atoms with Crippen molar-refractivity contribution in [3.63, 3.8) is 0 Å². The first-order valence-corrected chi connectivity index (χ1v) is 10.7. The van der Waals surface area contributed by atoms with E-state index in [1.807, 2.05) is 48.5 Å². The summed E-state index contributed by atoms with van der Waals surface area (Å²) in [4.78, 5) is 17.6. The van der Waals surface area contributed by atoms with Crippen molar-refractivity contribution in [1.82, 2.24) is 19.9 Å². The molecular formula is C26H28N4O2. The van der Waals surface area contributed by atoms with Gasteiger partial charge in [-0.05, 0) is 30.2 Å². The summed E-state index contributed by atoms with van der Waals surface area (Å²) >= 11 is 0. The number of nitrogens with one attached hydrogen (secondary N) is 1. The Hall–Kier alpha value is -3.67. The van der Waals surface area contributed by atoms with Crippen LogP contribution < -0.4 is 10.1 Å². The lowest BCUT2D eigenvalue weighted by atomic mass is 9.93. The number of fused-ring (bicyclic) bond motifs is 1. The number of amides is 1. The highest BCUT2D eigenvalue weighted by atomic mass is 16.5. The fraction of sp³-hybridized carbons (Fsp3) is 0.269. The lowest BCUT2D eigenvalue weighted by molar-refractivity contribution is 0.0949. The Morgan fingerprint density at radius 1 is 1.03 bits per heavy atom. The normalized spacial score (nSPS) is 11.5. The van der Waals surface area contributed by atoms with Gasteiger partial charge in [0.25, 0.3) is 5.91 Å². The largest absolute Gasteiger partial charge is 0.497 e. The molecule has 6 nitrogen and oxygen atoms in total. The molecule has 1 N–H and O–H groups in total. The van der Waals surface area contributed by atoms with Crippen LogP contribution in [0.2, 0.25) is 0 Å². The Labute approximate surface area is 188 Å². The number of rotatable bonds is 6. The third kappa shape index (κ3) is 4.64. The van der Waals surface area contributed by atoms with E-state index >= 15 is 0 Å². The first-order chi connectivity index (χ1) is 15.3. The van der Waals surface area contributed by atoms with Gasteiger partial charge in [0.05, 0.1) is 18.5 Å². The van der Waals surface area contributed by atoms with E-state index in [0.717, 1.165) is 29.1 Å². The van der Waals surface area contributed by atoms with Gasteiger partial charge in [-0.3, -0.25) is 4.79 Å². The Bertz CT molecular complexity index is 1240. The molecule has 0 atom stereocenters. The van der Waals surface area contributed by atoms with Gasteiger partial charge in [0.1, 0.15) is 11.4 Å². The van der Waals surface area contributed by atoms with Crippen molar-refractivity contribution >= 4 is 11.6 Å². The quantitative estimate of drug-likeness (QED) is 0.484. The zero-order valence-corrected chi connectivity index (χ0v) is 18.9. The van der Waals surface area contributed by atoms with Crippen LogP contribution in [0, 0.1) is 0 Å². The minimum absolute atomic E-state index is 0.141. The van der Waals surface area contributed by atoms with Gasteiger partial charge in [-0.15, -0.1) is 0 Å². The summed E-state index contributed by atoms with van der Waals surface area (Å²) in [7, 11) is 1.64. The number of benzene rings is 2. The smallest absolute Gasteiger partial charge is 0.270 e. The molecular weight excluding hydrogens is 400 g/mol. The predicted molar refractivity (Wildman–Crippen MR) is 126 cm³/mol. The number of aromatic nitrogens is 3. The Kier molecular flexibility index (Phi) is 5.95. The minimum Gasteiger partial charge on any atom is -0.497 e. The molecule has 2 aromatic heterocycles. The van der Waals surface area contributed by atoms with Gasteiger partial charge in [0.15, 0.2) is 5.65 Å². The summed E-state index contributed by atoms with van der Waals surface area (Å²) in [5, 5.41) is 7.79. The van der Waals surface area contributed by atoms with Gasteiger partial charge in [0, 0.05) is 23.6 Å². The fourth-order valence-electron chi connectivity index (χ4n) is 3.50. The topological polar surface area (TPSA) is 68.5 Å². The van der Waals surface area contributed by atoms with E-state index in [1.54, 1.807) is 17.7 Å². The van der Waals surface area contributed by atoms with Crippen LogP contribution in [-0.4, -0.2) is 34.2 Å². The van der Waals surface area contributed by atoms with Crippen LogP contribution in [0.1, 0.15) is 42.5 Å². The fourth-order valence-corrected chi connectivity index (χ4v) is 3.50. The highest BCUT2D eigenvalue weighted by Crippen LogP contribution is 2.28. The predicted octanol–water partition coefficient (Wildman–Crippen LogP) is 4.67. The number of hydrogen-bond acceptors (Lipinski definition) is 4. The molecule has 4 aromatic rings. The summed E-state index contributed by atoms with van der Waals surface area (Å²) in [6, 6.07) is 21.6. The molecule has 0 fully saturated rings. The van der Waals surface area contributed by atoms with E-state index in [9.17, 15) is 4.79 Å². The monoisotopic (exact) mass is 428 g/mol.